The second-order valence-electron chi connectivity index (χ2n) is 8.70. The van der Waals surface area contributed by atoms with E-state index in [-0.39, 0.29) is 36.8 Å². The fraction of sp³-hybridized carbons (Fsp3) is 0.944. The van der Waals surface area contributed by atoms with Gasteiger partial charge >= 0.3 is 6.18 Å². The van der Waals surface area contributed by atoms with Gasteiger partial charge in [-0.1, -0.05) is 6.42 Å². The fourth-order valence-corrected chi connectivity index (χ4v) is 5.75. The molecule has 28 heavy (non-hydrogen) atoms. The molecular weight excluding hydrogens is 395 g/mol. The largest absolute Gasteiger partial charge is 0.391 e. The molecule has 3 N–H and O–H groups in total. The number of rotatable bonds is 3. The molecule has 0 aromatic carbocycles. The highest BCUT2D eigenvalue weighted by Crippen LogP contribution is 2.40. The summed E-state index contributed by atoms with van der Waals surface area (Å²) < 4.78 is 39.3. The number of likely N-dealkylation sites (tertiary alicyclic amines) is 1. The van der Waals surface area contributed by atoms with Crippen LogP contribution in [0.3, 0.4) is 0 Å². The number of nitrogens with one attached hydrogen (secondary N) is 3. The molecule has 4 aliphatic rings. The molecule has 6 nitrogen and oxygen atoms in total. The van der Waals surface area contributed by atoms with Crippen LogP contribution >= 0.6 is 11.6 Å². The van der Waals surface area contributed by atoms with Crippen LogP contribution in [0.4, 0.5) is 13.2 Å². The summed E-state index contributed by atoms with van der Waals surface area (Å²) in [6.07, 6.45) is -1.01. The Morgan fingerprint density at radius 1 is 1.18 bits per heavy atom. The van der Waals surface area contributed by atoms with Crippen LogP contribution in [0, 0.1) is 11.8 Å². The molecule has 4 fully saturated rings. The van der Waals surface area contributed by atoms with E-state index in [1.165, 1.54) is 0 Å². The van der Waals surface area contributed by atoms with Crippen molar-refractivity contribution in [3.8, 4) is 0 Å². The van der Waals surface area contributed by atoms with E-state index in [2.05, 4.69) is 26.0 Å². The first-order chi connectivity index (χ1) is 13.3. The summed E-state index contributed by atoms with van der Waals surface area (Å²) in [5.41, 5.74) is 5.47. The highest BCUT2D eigenvalue weighted by Gasteiger charge is 2.45. The number of carbonyl (C=O) groups is 1. The van der Waals surface area contributed by atoms with Crippen molar-refractivity contribution in [1.82, 2.24) is 26.0 Å². The number of piperidine rings is 1. The van der Waals surface area contributed by atoms with E-state index in [0.29, 0.717) is 19.0 Å². The number of halogens is 4. The standard InChI is InChI=1S/C18H29ClF3N5O/c19-16-15(7-24-25-17(16)28)26-5-4-14-13(9-26)23-10-27(14)8-11-2-1-3-12(6-11)18(20,21)22/h11-16,23-24H,1-10H2,(H,25,28). The van der Waals surface area contributed by atoms with Gasteiger partial charge in [0.1, 0.15) is 5.38 Å². The molecule has 0 radical (unpaired) electrons. The molecule has 0 bridgehead atoms. The number of hydrazine groups is 1. The zero-order valence-electron chi connectivity index (χ0n) is 15.8. The molecule has 0 spiro atoms. The maximum atomic E-state index is 13.1. The highest BCUT2D eigenvalue weighted by atomic mass is 35.5. The lowest BCUT2D eigenvalue weighted by Crippen LogP contribution is -2.65. The predicted molar refractivity (Wildman–Crippen MR) is 99.6 cm³/mol. The summed E-state index contributed by atoms with van der Waals surface area (Å²) in [6, 6.07) is 0.573. The Bertz CT molecular complexity index is 580. The van der Waals surface area contributed by atoms with Gasteiger partial charge in [0.25, 0.3) is 5.91 Å². The van der Waals surface area contributed by atoms with E-state index in [9.17, 15) is 18.0 Å². The summed E-state index contributed by atoms with van der Waals surface area (Å²) in [4.78, 5) is 16.4. The number of carbonyl (C=O) groups excluding carboxylic acids is 1. The van der Waals surface area contributed by atoms with E-state index in [1.807, 2.05) is 0 Å². The zero-order valence-corrected chi connectivity index (χ0v) is 16.6. The number of fused-ring (bicyclic) bond motifs is 1. The van der Waals surface area contributed by atoms with Gasteiger partial charge in [0, 0.05) is 51.0 Å². The summed E-state index contributed by atoms with van der Waals surface area (Å²) in [5, 5.41) is 2.96. The Labute approximate surface area is 168 Å². The number of alkyl halides is 4. The molecule has 4 rings (SSSR count). The van der Waals surface area contributed by atoms with Gasteiger partial charge in [0.15, 0.2) is 0 Å². The van der Waals surface area contributed by atoms with Gasteiger partial charge < -0.3 is 0 Å². The van der Waals surface area contributed by atoms with Gasteiger partial charge in [-0.25, -0.2) is 5.43 Å². The predicted octanol–water partition coefficient (Wildman–Crippen LogP) is 1.27. The number of hydrogen-bond donors (Lipinski definition) is 3. The third kappa shape index (κ3) is 4.28. The molecule has 3 heterocycles. The van der Waals surface area contributed by atoms with Crippen molar-refractivity contribution in [3.63, 3.8) is 0 Å². The lowest BCUT2D eigenvalue weighted by Gasteiger charge is -2.44. The van der Waals surface area contributed by atoms with Crippen molar-refractivity contribution in [2.24, 2.45) is 11.8 Å². The van der Waals surface area contributed by atoms with Gasteiger partial charge in [0.05, 0.1) is 5.92 Å². The van der Waals surface area contributed by atoms with Crippen LogP contribution in [-0.4, -0.2) is 78.2 Å². The molecule has 6 atom stereocenters. The van der Waals surface area contributed by atoms with Gasteiger partial charge in [-0.3, -0.25) is 25.3 Å². The van der Waals surface area contributed by atoms with Crippen molar-refractivity contribution < 1.29 is 18.0 Å². The van der Waals surface area contributed by atoms with Crippen LogP contribution in [0.2, 0.25) is 0 Å². The summed E-state index contributed by atoms with van der Waals surface area (Å²) >= 11 is 6.30. The Kier molecular flexibility index (Phi) is 6.09. The normalized spacial score (nSPS) is 40.9. The quantitative estimate of drug-likeness (QED) is 0.597. The van der Waals surface area contributed by atoms with Gasteiger partial charge in [0.2, 0.25) is 0 Å². The van der Waals surface area contributed by atoms with Crippen molar-refractivity contribution >= 4 is 17.5 Å². The van der Waals surface area contributed by atoms with E-state index >= 15 is 0 Å². The number of hydrogen-bond acceptors (Lipinski definition) is 5. The highest BCUT2D eigenvalue weighted by molar-refractivity contribution is 6.31. The van der Waals surface area contributed by atoms with E-state index in [4.69, 9.17) is 11.6 Å². The fourth-order valence-electron chi connectivity index (χ4n) is 5.45. The average molecular weight is 424 g/mol. The molecular formula is C18H29ClF3N5O. The van der Waals surface area contributed by atoms with Crippen LogP contribution in [0.5, 0.6) is 0 Å². The summed E-state index contributed by atoms with van der Waals surface area (Å²) in [5.74, 6) is -1.21. The minimum atomic E-state index is -4.06. The first-order valence-electron chi connectivity index (χ1n) is 10.3. The van der Waals surface area contributed by atoms with E-state index < -0.39 is 17.5 Å². The molecule has 0 aromatic heterocycles. The Morgan fingerprint density at radius 3 is 2.79 bits per heavy atom. The third-order valence-electron chi connectivity index (χ3n) is 6.95. The molecule has 1 aliphatic carbocycles. The smallest absolute Gasteiger partial charge is 0.299 e. The lowest BCUT2D eigenvalue weighted by molar-refractivity contribution is -0.186. The summed E-state index contributed by atoms with van der Waals surface area (Å²) in [6.45, 7) is 3.73. The maximum Gasteiger partial charge on any atom is 0.391 e. The topological polar surface area (TPSA) is 59.6 Å². The second-order valence-corrected chi connectivity index (χ2v) is 9.17. The van der Waals surface area contributed by atoms with E-state index in [1.54, 1.807) is 0 Å². The Morgan fingerprint density at radius 2 is 2.00 bits per heavy atom. The van der Waals surface area contributed by atoms with Crippen molar-refractivity contribution in [2.45, 2.75) is 61.8 Å². The van der Waals surface area contributed by atoms with Gasteiger partial charge in [-0.2, -0.15) is 13.2 Å². The molecule has 0 aromatic rings. The van der Waals surface area contributed by atoms with Crippen molar-refractivity contribution in [1.29, 1.82) is 0 Å². The van der Waals surface area contributed by atoms with Crippen LogP contribution < -0.4 is 16.2 Å². The SMILES string of the molecule is O=C1NNCC(N2CCC3C(C2)NCN3CC2CCCC(C(F)(F)F)C2)C1Cl. The first kappa shape index (κ1) is 20.7. The zero-order chi connectivity index (χ0) is 19.9. The third-order valence-corrected chi connectivity index (χ3v) is 7.44. The Balaban J connectivity index is 1.31. The molecule has 10 heteroatoms. The second kappa shape index (κ2) is 8.26. The number of nitrogens with zero attached hydrogens (tertiary/aromatic N) is 2. The van der Waals surface area contributed by atoms with Crippen LogP contribution in [0.15, 0.2) is 0 Å². The van der Waals surface area contributed by atoms with E-state index in [0.717, 1.165) is 39.1 Å². The molecule has 1 amide bonds. The van der Waals surface area contributed by atoms with Gasteiger partial charge in [-0.15, -0.1) is 11.6 Å². The molecule has 3 saturated heterocycles. The van der Waals surface area contributed by atoms with Crippen LogP contribution in [-0.2, 0) is 4.79 Å². The lowest BCUT2D eigenvalue weighted by atomic mass is 9.80. The minimum absolute atomic E-state index is 0.0434. The first-order valence-corrected chi connectivity index (χ1v) is 10.7. The average Bonchev–Trinajstić information content (AvgIpc) is 3.05. The monoisotopic (exact) mass is 423 g/mol. The van der Waals surface area contributed by atoms with Crippen LogP contribution in [0.25, 0.3) is 0 Å². The Hall–Kier alpha value is -0.610. The number of amides is 1. The summed E-state index contributed by atoms with van der Waals surface area (Å²) in [7, 11) is 0. The minimum Gasteiger partial charge on any atom is -0.299 e. The van der Waals surface area contributed by atoms with Crippen LogP contribution in [0.1, 0.15) is 32.1 Å². The molecule has 160 valence electrons. The van der Waals surface area contributed by atoms with Crippen molar-refractivity contribution in [2.75, 3.05) is 32.8 Å². The molecule has 1 saturated carbocycles. The van der Waals surface area contributed by atoms with Gasteiger partial charge in [-0.05, 0) is 31.6 Å². The molecule has 3 aliphatic heterocycles. The maximum absolute atomic E-state index is 13.1. The molecule has 6 unspecified atom stereocenters. The van der Waals surface area contributed by atoms with Crippen molar-refractivity contribution in [3.05, 3.63) is 0 Å².